The molecule has 11 heteroatoms. The second-order valence-electron chi connectivity index (χ2n) is 8.01. The van der Waals surface area contributed by atoms with Gasteiger partial charge in [-0.1, -0.05) is 0 Å². The van der Waals surface area contributed by atoms with Crippen LogP contribution in [0, 0.1) is 17.3 Å². The van der Waals surface area contributed by atoms with Gasteiger partial charge in [0.1, 0.15) is 0 Å². The number of halogens is 4. The minimum absolute atomic E-state index is 0. The summed E-state index contributed by atoms with van der Waals surface area (Å²) >= 11 is 0. The predicted molar refractivity (Wildman–Crippen MR) is 113 cm³/mol. The van der Waals surface area contributed by atoms with Gasteiger partial charge in [-0.05, 0) is 62.7 Å². The highest BCUT2D eigenvalue weighted by Crippen LogP contribution is 2.61. The first-order valence-corrected chi connectivity index (χ1v) is 11.2. The molecule has 0 aromatic heterocycles. The molecule has 3 aliphatic rings. The summed E-state index contributed by atoms with van der Waals surface area (Å²) in [6, 6.07) is 0. The lowest BCUT2D eigenvalue weighted by atomic mass is 9.98. The van der Waals surface area contributed by atoms with Gasteiger partial charge in [0.15, 0.2) is 5.96 Å². The summed E-state index contributed by atoms with van der Waals surface area (Å²) in [5.41, 5.74) is -4.80. The molecule has 0 atom stereocenters. The molecular formula is C17H30F3IN4O2S. The highest BCUT2D eigenvalue weighted by Gasteiger charge is 2.53. The van der Waals surface area contributed by atoms with Crippen LogP contribution in [0.25, 0.3) is 0 Å². The molecule has 1 heterocycles. The fraction of sp³-hybridized carbons (Fsp3) is 0.941. The Hall–Kier alpha value is -0.300. The molecule has 28 heavy (non-hydrogen) atoms. The second kappa shape index (κ2) is 9.23. The van der Waals surface area contributed by atoms with Crippen molar-refractivity contribution < 1.29 is 21.6 Å². The monoisotopic (exact) mass is 538 g/mol. The van der Waals surface area contributed by atoms with Crippen LogP contribution in [0.1, 0.15) is 45.4 Å². The molecule has 0 aromatic rings. The van der Waals surface area contributed by atoms with Crippen molar-refractivity contribution in [2.75, 3.05) is 32.7 Å². The van der Waals surface area contributed by atoms with Gasteiger partial charge in [0.05, 0.1) is 0 Å². The normalized spacial score (nSPS) is 23.8. The van der Waals surface area contributed by atoms with E-state index in [1.54, 1.807) is 0 Å². The van der Waals surface area contributed by atoms with E-state index in [-0.39, 0.29) is 43.0 Å². The van der Waals surface area contributed by atoms with Crippen molar-refractivity contribution in [3.63, 3.8) is 0 Å². The van der Waals surface area contributed by atoms with Crippen LogP contribution in [-0.2, 0) is 10.0 Å². The van der Waals surface area contributed by atoms with Crippen LogP contribution < -0.4 is 10.6 Å². The lowest BCUT2D eigenvalue weighted by Gasteiger charge is -2.31. The topological polar surface area (TPSA) is 73.8 Å². The van der Waals surface area contributed by atoms with Crippen LogP contribution in [0.15, 0.2) is 4.99 Å². The fourth-order valence-electron chi connectivity index (χ4n) is 3.87. The number of guanidine groups is 1. The SMILES string of the molecule is CCNC(=NCC1(C2CC2)CC1)NCC1CCN(S(=O)(=O)C(F)(F)F)CC1.I. The number of sulfonamides is 1. The van der Waals surface area contributed by atoms with Crippen LogP contribution in [0.2, 0.25) is 0 Å². The number of rotatable bonds is 7. The molecule has 1 aliphatic heterocycles. The minimum Gasteiger partial charge on any atom is -0.357 e. The number of piperidine rings is 1. The van der Waals surface area contributed by atoms with E-state index in [1.807, 2.05) is 6.92 Å². The van der Waals surface area contributed by atoms with E-state index in [0.717, 1.165) is 25.0 Å². The number of nitrogens with zero attached hydrogens (tertiary/aromatic N) is 2. The van der Waals surface area contributed by atoms with E-state index in [2.05, 4.69) is 10.6 Å². The Morgan fingerprint density at radius 2 is 1.75 bits per heavy atom. The zero-order valence-electron chi connectivity index (χ0n) is 16.1. The molecule has 2 saturated carbocycles. The van der Waals surface area contributed by atoms with E-state index in [1.165, 1.54) is 25.7 Å². The van der Waals surface area contributed by atoms with E-state index >= 15 is 0 Å². The molecule has 2 aliphatic carbocycles. The summed E-state index contributed by atoms with van der Waals surface area (Å²) in [4.78, 5) is 4.72. The van der Waals surface area contributed by atoms with Gasteiger partial charge in [-0.25, -0.2) is 8.42 Å². The molecule has 0 aromatic carbocycles. The third-order valence-electron chi connectivity index (χ3n) is 6.00. The minimum atomic E-state index is -5.22. The van der Waals surface area contributed by atoms with Gasteiger partial charge in [0.25, 0.3) is 0 Å². The Balaban J connectivity index is 0.00000280. The third-order valence-corrected chi connectivity index (χ3v) is 7.63. The Morgan fingerprint density at radius 1 is 1.14 bits per heavy atom. The Bertz CT molecular complexity index is 656. The maximum absolute atomic E-state index is 12.6. The summed E-state index contributed by atoms with van der Waals surface area (Å²) in [5.74, 6) is 1.71. The maximum Gasteiger partial charge on any atom is 0.511 e. The van der Waals surface area contributed by atoms with E-state index in [0.29, 0.717) is 29.1 Å². The van der Waals surface area contributed by atoms with Crippen molar-refractivity contribution in [2.45, 2.75) is 51.0 Å². The molecule has 0 amide bonds. The van der Waals surface area contributed by atoms with E-state index in [4.69, 9.17) is 4.99 Å². The molecule has 3 fully saturated rings. The van der Waals surface area contributed by atoms with E-state index in [9.17, 15) is 21.6 Å². The predicted octanol–water partition coefficient (Wildman–Crippen LogP) is 2.91. The number of hydrogen-bond donors (Lipinski definition) is 2. The first-order chi connectivity index (χ1) is 12.7. The zero-order chi connectivity index (χ0) is 19.7. The number of hydrogen-bond acceptors (Lipinski definition) is 3. The van der Waals surface area contributed by atoms with Gasteiger partial charge < -0.3 is 10.6 Å². The van der Waals surface area contributed by atoms with Crippen LogP contribution in [0.5, 0.6) is 0 Å². The largest absolute Gasteiger partial charge is 0.511 e. The molecule has 3 rings (SSSR count). The van der Waals surface area contributed by atoms with Crippen molar-refractivity contribution in [2.24, 2.45) is 22.2 Å². The summed E-state index contributed by atoms with van der Waals surface area (Å²) in [7, 11) is -5.21. The van der Waals surface area contributed by atoms with Gasteiger partial charge in [0.2, 0.25) is 0 Å². The smallest absolute Gasteiger partial charge is 0.357 e. The molecular weight excluding hydrogens is 508 g/mol. The van der Waals surface area contributed by atoms with Crippen LogP contribution in [0.3, 0.4) is 0 Å². The van der Waals surface area contributed by atoms with Gasteiger partial charge >= 0.3 is 15.5 Å². The molecule has 1 saturated heterocycles. The van der Waals surface area contributed by atoms with Crippen molar-refractivity contribution in [1.82, 2.24) is 14.9 Å². The van der Waals surface area contributed by atoms with Crippen molar-refractivity contribution in [3.8, 4) is 0 Å². The standard InChI is InChI=1S/C17H29F3N4O2S.HI/c1-2-21-15(23-12-16(7-8-16)14-3-4-14)22-11-13-5-9-24(10-6-13)27(25,26)17(18,19)20;/h13-14H,2-12H2,1H3,(H2,21,22,23);1H. The summed E-state index contributed by atoms with van der Waals surface area (Å²) in [6.45, 7) is 3.97. The molecule has 0 unspecified atom stereocenters. The van der Waals surface area contributed by atoms with E-state index < -0.39 is 15.5 Å². The van der Waals surface area contributed by atoms with Gasteiger partial charge in [0, 0.05) is 32.7 Å². The summed E-state index contributed by atoms with van der Waals surface area (Å²) in [5, 5.41) is 6.50. The molecule has 0 spiro atoms. The molecule has 0 radical (unpaired) electrons. The van der Waals surface area contributed by atoms with Crippen molar-refractivity contribution in [1.29, 1.82) is 0 Å². The Labute approximate surface area is 182 Å². The molecule has 164 valence electrons. The molecule has 0 bridgehead atoms. The first-order valence-electron chi connectivity index (χ1n) is 9.76. The van der Waals surface area contributed by atoms with Crippen LogP contribution in [-0.4, -0.2) is 56.9 Å². The Morgan fingerprint density at radius 3 is 2.21 bits per heavy atom. The van der Waals surface area contributed by atoms with Gasteiger partial charge in [-0.3, -0.25) is 4.99 Å². The summed E-state index contributed by atoms with van der Waals surface area (Å²) < 4.78 is 61.4. The maximum atomic E-state index is 12.6. The Kier molecular flexibility index (Phi) is 7.91. The number of aliphatic imine (C=N–C) groups is 1. The van der Waals surface area contributed by atoms with Crippen molar-refractivity contribution >= 4 is 40.0 Å². The molecule has 6 nitrogen and oxygen atoms in total. The lowest BCUT2D eigenvalue weighted by molar-refractivity contribution is -0.0496. The average molecular weight is 538 g/mol. The van der Waals surface area contributed by atoms with Crippen LogP contribution in [0.4, 0.5) is 13.2 Å². The van der Waals surface area contributed by atoms with Gasteiger partial charge in [-0.2, -0.15) is 17.5 Å². The lowest BCUT2D eigenvalue weighted by Crippen LogP contribution is -2.47. The molecule has 2 N–H and O–H groups in total. The quantitative estimate of drug-likeness (QED) is 0.297. The average Bonchev–Trinajstić information content (AvgIpc) is 3.50. The zero-order valence-corrected chi connectivity index (χ0v) is 19.2. The van der Waals surface area contributed by atoms with Gasteiger partial charge in [-0.15, -0.1) is 24.0 Å². The summed E-state index contributed by atoms with van der Waals surface area (Å²) in [6.07, 6.45) is 5.97. The van der Waals surface area contributed by atoms with Crippen molar-refractivity contribution in [3.05, 3.63) is 0 Å². The highest BCUT2D eigenvalue weighted by molar-refractivity contribution is 14.0. The van der Waals surface area contributed by atoms with Crippen LogP contribution >= 0.6 is 24.0 Å². The number of nitrogens with one attached hydrogen (secondary N) is 2. The highest BCUT2D eigenvalue weighted by atomic mass is 127. The fourth-order valence-corrected chi connectivity index (χ4v) is 4.86. The first kappa shape index (κ1) is 24.0. The second-order valence-corrected chi connectivity index (χ2v) is 9.94. The third kappa shape index (κ3) is 5.65. The number of alkyl halides is 3.